The zero-order valence-corrected chi connectivity index (χ0v) is 17.1. The zero-order chi connectivity index (χ0) is 19.9. The fraction of sp³-hybridized carbons (Fsp3) is 0.409. The van der Waals surface area contributed by atoms with Gasteiger partial charge in [0.2, 0.25) is 0 Å². The van der Waals surface area contributed by atoms with Crippen LogP contribution in [-0.2, 0) is 6.54 Å². The summed E-state index contributed by atoms with van der Waals surface area (Å²) >= 11 is 6.16. The number of nitrogens with zero attached hydrogens (tertiary/aromatic N) is 3. The zero-order valence-electron chi connectivity index (χ0n) is 16.4. The van der Waals surface area contributed by atoms with Gasteiger partial charge < -0.3 is 14.9 Å². The van der Waals surface area contributed by atoms with E-state index < -0.39 is 0 Å². The second-order valence-electron chi connectivity index (χ2n) is 8.17. The van der Waals surface area contributed by atoms with Gasteiger partial charge in [0.05, 0.1) is 11.1 Å². The van der Waals surface area contributed by atoms with Gasteiger partial charge in [0.1, 0.15) is 5.75 Å². The summed E-state index contributed by atoms with van der Waals surface area (Å²) in [4.78, 5) is 20.0. The molecule has 6 heteroatoms. The van der Waals surface area contributed by atoms with E-state index in [4.69, 9.17) is 11.6 Å². The largest absolute Gasteiger partial charge is 0.507 e. The van der Waals surface area contributed by atoms with Crippen molar-refractivity contribution in [3.05, 3.63) is 64.2 Å². The molecule has 2 fully saturated rings. The first-order chi connectivity index (χ1) is 13.4. The Morgan fingerprint density at radius 2 is 1.86 bits per heavy atom. The predicted octanol–water partition coefficient (Wildman–Crippen LogP) is 3.00. The van der Waals surface area contributed by atoms with Crippen LogP contribution in [0.25, 0.3) is 0 Å². The Morgan fingerprint density at radius 1 is 1.14 bits per heavy atom. The molecular formula is C22H26ClN3O2. The highest BCUT2D eigenvalue weighted by molar-refractivity contribution is 6.31. The van der Waals surface area contributed by atoms with Crippen LogP contribution in [0.2, 0.25) is 5.02 Å². The molecule has 0 saturated carbocycles. The molecule has 0 aromatic heterocycles. The fourth-order valence-corrected chi connectivity index (χ4v) is 4.90. The number of hydrogen-bond acceptors (Lipinski definition) is 4. The number of carbonyl (C=O) groups excluding carboxylic acids is 1. The summed E-state index contributed by atoms with van der Waals surface area (Å²) < 4.78 is 0. The molecule has 5 nitrogen and oxygen atoms in total. The molecule has 0 radical (unpaired) electrons. The van der Waals surface area contributed by atoms with Crippen LogP contribution >= 0.6 is 11.6 Å². The smallest absolute Gasteiger partial charge is 0.258 e. The van der Waals surface area contributed by atoms with Crippen LogP contribution < -0.4 is 0 Å². The number of likely N-dealkylation sites (N-methyl/N-ethyl adjacent to an activating group) is 1. The Balaban J connectivity index is 1.57. The lowest BCUT2D eigenvalue weighted by Gasteiger charge is -2.59. The van der Waals surface area contributed by atoms with Crippen LogP contribution in [0.4, 0.5) is 0 Å². The van der Waals surface area contributed by atoms with Crippen molar-refractivity contribution in [3.63, 3.8) is 0 Å². The van der Waals surface area contributed by atoms with Gasteiger partial charge in [-0.1, -0.05) is 41.9 Å². The lowest BCUT2D eigenvalue weighted by molar-refractivity contribution is -0.0751. The molecule has 2 aromatic carbocycles. The first kappa shape index (κ1) is 19.2. The first-order valence-corrected chi connectivity index (χ1v) is 10.0. The molecule has 0 bridgehead atoms. The number of likely N-dealkylation sites (tertiary alicyclic amines) is 1. The molecule has 1 N–H and O–H groups in total. The van der Waals surface area contributed by atoms with E-state index in [1.165, 1.54) is 5.56 Å². The summed E-state index contributed by atoms with van der Waals surface area (Å²) in [5.41, 5.74) is 1.99. The van der Waals surface area contributed by atoms with E-state index in [0.29, 0.717) is 22.7 Å². The molecule has 2 heterocycles. The van der Waals surface area contributed by atoms with Crippen molar-refractivity contribution in [2.45, 2.75) is 19.0 Å². The summed E-state index contributed by atoms with van der Waals surface area (Å²) in [5.74, 6) is -0.0977. The van der Waals surface area contributed by atoms with Gasteiger partial charge in [-0.25, -0.2) is 0 Å². The van der Waals surface area contributed by atoms with Gasteiger partial charge in [0.15, 0.2) is 0 Å². The third kappa shape index (κ3) is 3.50. The lowest BCUT2D eigenvalue weighted by Crippen LogP contribution is -2.77. The Labute approximate surface area is 171 Å². The maximum absolute atomic E-state index is 13.4. The number of phenolic OH excluding ortho intramolecular Hbond substituents is 1. The lowest BCUT2D eigenvalue weighted by atomic mass is 9.84. The molecule has 0 atom stereocenters. The molecule has 1 spiro atoms. The van der Waals surface area contributed by atoms with E-state index in [1.54, 1.807) is 19.1 Å². The second kappa shape index (κ2) is 7.39. The number of hydrogen-bond donors (Lipinski definition) is 1. The molecular weight excluding hydrogens is 374 g/mol. The number of aryl methyl sites for hydroxylation is 1. The van der Waals surface area contributed by atoms with Crippen LogP contribution in [0.15, 0.2) is 42.5 Å². The number of halogens is 1. The van der Waals surface area contributed by atoms with Gasteiger partial charge >= 0.3 is 0 Å². The summed E-state index contributed by atoms with van der Waals surface area (Å²) in [6.45, 7) is 6.61. The number of benzene rings is 2. The van der Waals surface area contributed by atoms with Gasteiger partial charge in [-0.3, -0.25) is 9.69 Å². The topological polar surface area (TPSA) is 47.0 Å². The van der Waals surface area contributed by atoms with E-state index in [1.807, 2.05) is 11.0 Å². The van der Waals surface area contributed by atoms with Crippen molar-refractivity contribution in [1.29, 1.82) is 0 Å². The molecule has 28 heavy (non-hydrogen) atoms. The van der Waals surface area contributed by atoms with Crippen molar-refractivity contribution in [3.8, 4) is 5.75 Å². The average Bonchev–Trinajstić information content (AvgIpc) is 2.64. The summed E-state index contributed by atoms with van der Waals surface area (Å²) in [5, 5.41) is 10.9. The van der Waals surface area contributed by atoms with Crippen molar-refractivity contribution < 1.29 is 9.90 Å². The van der Waals surface area contributed by atoms with E-state index in [9.17, 15) is 9.90 Å². The normalized spacial score (nSPS) is 19.6. The number of amides is 1. The summed E-state index contributed by atoms with van der Waals surface area (Å²) in [6.07, 6.45) is 0. The van der Waals surface area contributed by atoms with Crippen LogP contribution in [-0.4, -0.2) is 71.0 Å². The van der Waals surface area contributed by atoms with E-state index >= 15 is 0 Å². The standard InChI is InChI=1S/C22H26ClN3O2/c1-16-10-18(23)11-19(20(16)27)21(28)26-9-8-25(12-17-6-4-3-5-7-17)15-22(26)13-24(2)14-22/h3-7,10-11,27H,8-9,12-15H2,1-2H3. The van der Waals surface area contributed by atoms with Crippen LogP contribution in [0, 0.1) is 6.92 Å². The fourth-order valence-electron chi connectivity index (χ4n) is 4.63. The van der Waals surface area contributed by atoms with Crippen molar-refractivity contribution in [2.75, 3.05) is 39.8 Å². The third-order valence-corrected chi connectivity index (χ3v) is 6.07. The van der Waals surface area contributed by atoms with Gasteiger partial charge in [-0.15, -0.1) is 0 Å². The Kier molecular flexibility index (Phi) is 5.08. The van der Waals surface area contributed by atoms with Crippen molar-refractivity contribution >= 4 is 17.5 Å². The summed E-state index contributed by atoms with van der Waals surface area (Å²) in [6, 6.07) is 13.7. The monoisotopic (exact) mass is 399 g/mol. The molecule has 4 rings (SSSR count). The second-order valence-corrected chi connectivity index (χ2v) is 8.60. The highest BCUT2D eigenvalue weighted by Crippen LogP contribution is 2.35. The van der Waals surface area contributed by atoms with Crippen LogP contribution in [0.3, 0.4) is 0 Å². The first-order valence-electron chi connectivity index (χ1n) is 9.64. The molecule has 2 aliphatic heterocycles. The van der Waals surface area contributed by atoms with Gasteiger partial charge in [0, 0.05) is 44.3 Å². The minimum atomic E-state index is -0.221. The Bertz CT molecular complexity index is 881. The quantitative estimate of drug-likeness (QED) is 0.861. The molecule has 0 unspecified atom stereocenters. The highest BCUT2D eigenvalue weighted by Gasteiger charge is 2.51. The number of aromatic hydroxyl groups is 1. The third-order valence-electron chi connectivity index (χ3n) is 5.85. The van der Waals surface area contributed by atoms with Crippen LogP contribution in [0.1, 0.15) is 21.5 Å². The SMILES string of the molecule is Cc1cc(Cl)cc(C(=O)N2CCN(Cc3ccccc3)CC23CN(C)C3)c1O. The number of carbonyl (C=O) groups is 1. The van der Waals surface area contributed by atoms with E-state index in [0.717, 1.165) is 32.7 Å². The van der Waals surface area contributed by atoms with E-state index in [-0.39, 0.29) is 17.2 Å². The maximum atomic E-state index is 13.4. The van der Waals surface area contributed by atoms with Crippen LogP contribution in [0.5, 0.6) is 5.75 Å². The predicted molar refractivity (Wildman–Crippen MR) is 111 cm³/mol. The maximum Gasteiger partial charge on any atom is 0.258 e. The average molecular weight is 400 g/mol. The van der Waals surface area contributed by atoms with Gasteiger partial charge in [-0.2, -0.15) is 0 Å². The summed E-state index contributed by atoms with van der Waals surface area (Å²) in [7, 11) is 2.07. The minimum Gasteiger partial charge on any atom is -0.507 e. The molecule has 2 aliphatic rings. The molecule has 2 aromatic rings. The van der Waals surface area contributed by atoms with E-state index in [2.05, 4.69) is 41.1 Å². The Morgan fingerprint density at radius 3 is 2.54 bits per heavy atom. The van der Waals surface area contributed by atoms with Gasteiger partial charge in [0.25, 0.3) is 5.91 Å². The Hall–Kier alpha value is -2.08. The van der Waals surface area contributed by atoms with Gasteiger partial charge in [-0.05, 0) is 37.2 Å². The molecule has 0 aliphatic carbocycles. The van der Waals surface area contributed by atoms with Crippen molar-refractivity contribution in [2.24, 2.45) is 0 Å². The molecule has 2 saturated heterocycles. The molecule has 148 valence electrons. The van der Waals surface area contributed by atoms with Crippen molar-refractivity contribution in [1.82, 2.24) is 14.7 Å². The minimum absolute atomic E-state index is 0.0314. The number of piperazine rings is 1. The molecule has 1 amide bonds. The number of phenols is 1. The number of rotatable bonds is 3. The highest BCUT2D eigenvalue weighted by atomic mass is 35.5.